The predicted octanol–water partition coefficient (Wildman–Crippen LogP) is 18.4. The van der Waals surface area contributed by atoms with E-state index in [1.807, 2.05) is 0 Å². The van der Waals surface area contributed by atoms with Crippen LogP contribution in [-0.4, -0.2) is 143 Å². The Hall–Kier alpha value is -3.50. The van der Waals surface area contributed by atoms with Crippen molar-refractivity contribution in [2.75, 3.05) is 0 Å². The molecule has 80 heavy (non-hydrogen) atoms. The molecule has 0 aromatic rings. The summed E-state index contributed by atoms with van der Waals surface area (Å²) in [6.45, 7) is 0. The molecule has 0 aliphatic carbocycles. The third kappa shape index (κ3) is 9.53. The molecular formula is C30H12F50. The standard InChI is InChI=1S/C30H12F50/c31-7(32,9(35,36)11(39,40)13(43,44)15(47,48)17(51,52)19(55,56)21(59,60)23(63,64)25(67,68)27(71,72)29(75,76)77)5-3-1-2-4-6-8(33,34)10(37,38)12(41,42)14(45,46)16(49,50)18(53,54)20(57,58)22(61,62)24(65,66)26(69,70)28(73,74)30(78,79)80/h1-6H2. The highest BCUT2D eigenvalue weighted by Gasteiger charge is 3.02. The Morgan fingerprint density at radius 1 is 0.113 bits per heavy atom. The molecule has 0 rings (SSSR count). The van der Waals surface area contributed by atoms with Crippen molar-refractivity contribution in [3.63, 3.8) is 0 Å². The van der Waals surface area contributed by atoms with Gasteiger partial charge in [0.15, 0.2) is 0 Å². The lowest BCUT2D eigenvalue weighted by Gasteiger charge is -2.45. The fraction of sp³-hybridized carbons (Fsp3) is 1.00. The zero-order valence-electron chi connectivity index (χ0n) is 35.1. The van der Waals surface area contributed by atoms with E-state index in [1.54, 1.807) is 0 Å². The van der Waals surface area contributed by atoms with Crippen LogP contribution in [0.25, 0.3) is 0 Å². The molecule has 0 amide bonds. The smallest absolute Gasteiger partial charge is 0.200 e. The number of hydrogen-bond acceptors (Lipinski definition) is 0. The zero-order chi connectivity index (χ0) is 66.2. The second-order valence-corrected chi connectivity index (χ2v) is 15.8. The minimum atomic E-state index is -10.0. The molecule has 0 saturated carbocycles. The van der Waals surface area contributed by atoms with E-state index in [0.717, 1.165) is 0 Å². The molecule has 0 spiro atoms. The molecule has 0 aliphatic heterocycles. The monoisotopic (exact) mass is 1320 g/mol. The fourth-order valence-corrected chi connectivity index (χ4v) is 5.33. The summed E-state index contributed by atoms with van der Waals surface area (Å²) in [5, 5.41) is 0. The van der Waals surface area contributed by atoms with Gasteiger partial charge in [-0.25, -0.2) is 0 Å². The molecule has 0 unspecified atom stereocenters. The Morgan fingerprint density at radius 3 is 0.325 bits per heavy atom. The van der Waals surface area contributed by atoms with Crippen molar-refractivity contribution in [3.05, 3.63) is 0 Å². The largest absolute Gasteiger partial charge is 0.460 e. The Kier molecular flexibility index (Phi) is 18.7. The number of unbranched alkanes of at least 4 members (excludes halogenated alkanes) is 3. The van der Waals surface area contributed by atoms with Crippen LogP contribution in [0, 0.1) is 0 Å². The number of alkyl halides is 50. The highest BCUT2D eigenvalue weighted by atomic mass is 19.5. The predicted molar refractivity (Wildman–Crippen MR) is 149 cm³/mol. The summed E-state index contributed by atoms with van der Waals surface area (Å²) in [5.41, 5.74) is 0. The van der Waals surface area contributed by atoms with Crippen LogP contribution < -0.4 is 0 Å². The van der Waals surface area contributed by atoms with Crippen LogP contribution in [0.1, 0.15) is 38.5 Å². The van der Waals surface area contributed by atoms with Gasteiger partial charge in [0.05, 0.1) is 0 Å². The highest BCUT2D eigenvalue weighted by molar-refractivity contribution is 5.22. The summed E-state index contributed by atoms with van der Waals surface area (Å²) in [6, 6.07) is 0. The topological polar surface area (TPSA) is 0 Å². The molecule has 0 bridgehead atoms. The van der Waals surface area contributed by atoms with Gasteiger partial charge < -0.3 is 0 Å². The van der Waals surface area contributed by atoms with E-state index in [4.69, 9.17) is 0 Å². The molecular weight excluding hydrogens is 1310 g/mol. The SMILES string of the molecule is FC(F)(F)C(F)(F)C(F)(F)C(F)(F)C(F)(F)C(F)(F)C(F)(F)C(F)(F)C(F)(F)C(F)(F)C(F)(F)C(F)(F)CCCCCCC(F)(F)C(F)(F)C(F)(F)C(F)(F)C(F)(F)C(F)(F)C(F)(F)C(F)(F)C(F)(F)C(F)(F)C(F)(F)C(F)(F)F. The summed E-state index contributed by atoms with van der Waals surface area (Å²) in [5.74, 6) is -207. The molecule has 0 aromatic carbocycles. The molecule has 0 saturated heterocycles. The van der Waals surface area contributed by atoms with Gasteiger partial charge in [-0.1, -0.05) is 12.8 Å². The van der Waals surface area contributed by atoms with Crippen molar-refractivity contribution in [3.8, 4) is 0 Å². The molecule has 0 fully saturated rings. The van der Waals surface area contributed by atoms with Gasteiger partial charge >= 0.3 is 143 Å². The summed E-state index contributed by atoms with van der Waals surface area (Å²) in [6.07, 6.45) is -33.7. The van der Waals surface area contributed by atoms with Crippen molar-refractivity contribution >= 4 is 0 Å². The lowest BCUT2D eigenvalue weighted by molar-refractivity contribution is -0.482. The first-order chi connectivity index (χ1) is 33.7. The third-order valence-electron chi connectivity index (χ3n) is 10.5. The Labute approximate surface area is 402 Å². The quantitative estimate of drug-likeness (QED) is 0.0568. The maximum Gasteiger partial charge on any atom is 0.460 e. The van der Waals surface area contributed by atoms with Crippen LogP contribution in [0.3, 0.4) is 0 Å². The average molecular weight is 1320 g/mol. The summed E-state index contributed by atoms with van der Waals surface area (Å²) in [4.78, 5) is 0. The van der Waals surface area contributed by atoms with Crippen LogP contribution in [0.15, 0.2) is 0 Å². The number of halogens is 50. The van der Waals surface area contributed by atoms with E-state index in [-0.39, 0.29) is 0 Å². The van der Waals surface area contributed by atoms with Crippen molar-refractivity contribution < 1.29 is 220 Å². The van der Waals surface area contributed by atoms with Crippen LogP contribution in [0.5, 0.6) is 0 Å². The van der Waals surface area contributed by atoms with Crippen molar-refractivity contribution in [1.82, 2.24) is 0 Å². The van der Waals surface area contributed by atoms with Crippen LogP contribution in [0.4, 0.5) is 220 Å². The van der Waals surface area contributed by atoms with Crippen molar-refractivity contribution in [2.45, 2.75) is 181 Å². The first-order valence-electron chi connectivity index (χ1n) is 18.2. The van der Waals surface area contributed by atoms with Crippen LogP contribution in [-0.2, 0) is 0 Å². The molecule has 0 heterocycles. The number of rotatable bonds is 27. The molecule has 0 aromatic heterocycles. The molecule has 0 nitrogen and oxygen atoms in total. The molecule has 0 atom stereocenters. The summed E-state index contributed by atoms with van der Waals surface area (Å²) >= 11 is 0. The highest BCUT2D eigenvalue weighted by Crippen LogP contribution is 2.71. The van der Waals surface area contributed by atoms with Crippen LogP contribution >= 0.6 is 0 Å². The zero-order valence-corrected chi connectivity index (χ0v) is 35.1. The molecule has 0 aliphatic rings. The Bertz CT molecular complexity index is 1990. The molecule has 0 radical (unpaired) electrons. The maximum atomic E-state index is 14.1. The van der Waals surface area contributed by atoms with E-state index < -0.39 is 181 Å². The summed E-state index contributed by atoms with van der Waals surface area (Å²) < 4.78 is 679. The van der Waals surface area contributed by atoms with E-state index in [2.05, 4.69) is 0 Å². The fourth-order valence-electron chi connectivity index (χ4n) is 5.33. The minimum absolute atomic E-state index is 2.16. The molecule has 0 N–H and O–H groups in total. The van der Waals surface area contributed by atoms with Gasteiger partial charge in [0.25, 0.3) is 0 Å². The van der Waals surface area contributed by atoms with Gasteiger partial charge in [0.2, 0.25) is 0 Å². The Balaban J connectivity index is 6.84. The van der Waals surface area contributed by atoms with Crippen LogP contribution in [0.2, 0.25) is 0 Å². The second-order valence-electron chi connectivity index (χ2n) is 15.8. The van der Waals surface area contributed by atoms with Gasteiger partial charge in [-0.15, -0.1) is 0 Å². The first kappa shape index (κ1) is 76.5. The minimum Gasteiger partial charge on any atom is -0.200 e. The van der Waals surface area contributed by atoms with E-state index >= 15 is 0 Å². The molecule has 482 valence electrons. The van der Waals surface area contributed by atoms with Gasteiger partial charge in [-0.2, -0.15) is 220 Å². The lowest BCUT2D eigenvalue weighted by atomic mass is 9.84. The van der Waals surface area contributed by atoms with E-state index in [9.17, 15) is 220 Å². The van der Waals surface area contributed by atoms with Gasteiger partial charge in [-0.3, -0.25) is 0 Å². The normalized spacial score (nSPS) is 17.2. The average Bonchev–Trinajstić information content (AvgIpc) is 3.22. The first-order valence-corrected chi connectivity index (χ1v) is 18.2. The Morgan fingerprint density at radius 2 is 0.212 bits per heavy atom. The lowest BCUT2D eigenvalue weighted by Crippen LogP contribution is -2.78. The molecule has 50 heteroatoms. The van der Waals surface area contributed by atoms with Gasteiger partial charge in [0.1, 0.15) is 0 Å². The second kappa shape index (κ2) is 19.5. The van der Waals surface area contributed by atoms with Gasteiger partial charge in [0, 0.05) is 12.8 Å². The maximum absolute atomic E-state index is 14.1. The van der Waals surface area contributed by atoms with Gasteiger partial charge in [-0.05, 0) is 12.8 Å². The van der Waals surface area contributed by atoms with E-state index in [1.165, 1.54) is 0 Å². The van der Waals surface area contributed by atoms with E-state index in [0.29, 0.717) is 0 Å². The summed E-state index contributed by atoms with van der Waals surface area (Å²) in [7, 11) is 0. The third-order valence-corrected chi connectivity index (χ3v) is 10.5. The number of hydrogen-bond donors (Lipinski definition) is 0. The van der Waals surface area contributed by atoms with Crippen molar-refractivity contribution in [2.24, 2.45) is 0 Å². The van der Waals surface area contributed by atoms with Crippen molar-refractivity contribution in [1.29, 1.82) is 0 Å².